The molecule has 188 valence electrons. The highest BCUT2D eigenvalue weighted by Crippen LogP contribution is 2.74. The lowest BCUT2D eigenvalue weighted by Crippen LogP contribution is -2.58. The van der Waals surface area contributed by atoms with Gasteiger partial charge in [0.05, 0.1) is 9.79 Å². The van der Waals surface area contributed by atoms with Gasteiger partial charge >= 0.3 is 35.9 Å². The summed E-state index contributed by atoms with van der Waals surface area (Å²) in [6.07, 6.45) is -26.2. The maximum atomic E-state index is 14.2. The van der Waals surface area contributed by atoms with Crippen LogP contribution in [0.2, 0.25) is 0 Å². The van der Waals surface area contributed by atoms with E-state index < -0.39 is 66.5 Å². The normalized spacial score (nSPS) is 23.7. The highest BCUT2D eigenvalue weighted by molar-refractivity contribution is 8.12. The van der Waals surface area contributed by atoms with Crippen molar-refractivity contribution < 1.29 is 65.3 Å². The number of rotatable bonds is 0. The average molecular weight is 532 g/mol. The third-order valence-corrected chi connectivity index (χ3v) is 8.78. The molecule has 0 atom stereocenters. The van der Waals surface area contributed by atoms with E-state index in [-0.39, 0.29) is 24.3 Å². The summed E-state index contributed by atoms with van der Waals surface area (Å²) in [4.78, 5) is -3.51. The Labute approximate surface area is 181 Å². The fourth-order valence-corrected chi connectivity index (χ4v) is 8.01. The number of alkyl halides is 12. The van der Waals surface area contributed by atoms with Crippen molar-refractivity contribution in [3.05, 3.63) is 59.7 Å². The Morgan fingerprint density at radius 1 is 0.529 bits per heavy atom. The van der Waals surface area contributed by atoms with Crippen LogP contribution in [-0.4, -0.2) is 28.9 Å². The molecule has 0 bridgehead atoms. The van der Waals surface area contributed by atoms with Gasteiger partial charge in [0.15, 0.2) is 0 Å². The number of benzene rings is 2. The Balaban J connectivity index is 2.24. The second kappa shape index (κ2) is 6.26. The molecule has 1 spiro atoms. The van der Waals surface area contributed by atoms with E-state index in [0.717, 1.165) is 0 Å². The lowest BCUT2D eigenvalue weighted by Gasteiger charge is -2.42. The van der Waals surface area contributed by atoms with E-state index in [1.54, 1.807) is 0 Å². The van der Waals surface area contributed by atoms with Gasteiger partial charge in [-0.1, -0.05) is 36.4 Å². The number of hydrogen-bond acceptors (Lipinski definition) is 3. The fourth-order valence-electron chi connectivity index (χ4n) is 4.11. The van der Waals surface area contributed by atoms with Gasteiger partial charge in [-0.25, -0.2) is 4.21 Å². The van der Waals surface area contributed by atoms with Crippen LogP contribution in [0.25, 0.3) is 0 Å². The van der Waals surface area contributed by atoms with Crippen molar-refractivity contribution in [2.45, 2.75) is 45.7 Å². The molecule has 2 heterocycles. The summed E-state index contributed by atoms with van der Waals surface area (Å²) < 4.78 is 190. The molecule has 0 unspecified atom stereocenters. The van der Waals surface area contributed by atoms with Crippen LogP contribution in [0.3, 0.4) is 0 Å². The topological polar surface area (TPSA) is 35.5 Å². The lowest BCUT2D eigenvalue weighted by atomic mass is 9.92. The minimum atomic E-state index is -7.32. The zero-order valence-electron chi connectivity index (χ0n) is 15.8. The minimum Gasteiger partial charge on any atom is -0.254 e. The molecule has 0 N–H and O–H groups in total. The van der Waals surface area contributed by atoms with E-state index in [1.165, 1.54) is 0 Å². The highest BCUT2D eigenvalue weighted by Gasteiger charge is 2.88. The monoisotopic (exact) mass is 532 g/mol. The van der Waals surface area contributed by atoms with Crippen molar-refractivity contribution >= 4 is 9.63 Å². The van der Waals surface area contributed by atoms with E-state index in [0.29, 0.717) is 24.3 Å². The number of halogens is 12. The summed E-state index contributed by atoms with van der Waals surface area (Å²) >= 11 is 0. The van der Waals surface area contributed by atoms with Crippen molar-refractivity contribution in [3.63, 3.8) is 0 Å². The molecule has 2 aliphatic heterocycles. The first-order valence-corrected chi connectivity index (χ1v) is 10.6. The molecule has 0 aliphatic carbocycles. The van der Waals surface area contributed by atoms with Gasteiger partial charge in [-0.3, -0.25) is 8.37 Å². The van der Waals surface area contributed by atoms with Crippen molar-refractivity contribution in [3.8, 4) is 0 Å². The van der Waals surface area contributed by atoms with Crippen LogP contribution in [0.4, 0.5) is 52.7 Å². The van der Waals surface area contributed by atoms with Crippen LogP contribution >= 0.6 is 0 Å². The van der Waals surface area contributed by atoms with Crippen LogP contribution in [0.5, 0.6) is 0 Å². The van der Waals surface area contributed by atoms with Gasteiger partial charge in [-0.15, -0.1) is 0 Å². The summed E-state index contributed by atoms with van der Waals surface area (Å²) in [5.74, 6) is 0. The first-order valence-electron chi connectivity index (χ1n) is 8.74. The Kier molecular flexibility index (Phi) is 4.56. The maximum absolute atomic E-state index is 14.2. The van der Waals surface area contributed by atoms with E-state index >= 15 is 0 Å². The van der Waals surface area contributed by atoms with Crippen LogP contribution in [-0.2, 0) is 29.2 Å². The predicted molar refractivity (Wildman–Crippen MR) is 87.3 cm³/mol. The van der Waals surface area contributed by atoms with Crippen molar-refractivity contribution in [2.24, 2.45) is 0 Å². The number of hydrogen-bond donors (Lipinski definition) is 0. The molecule has 0 saturated carbocycles. The second-order valence-corrected chi connectivity index (χ2v) is 10.1. The van der Waals surface area contributed by atoms with Crippen LogP contribution in [0.15, 0.2) is 58.3 Å². The standard InChI is InChI=1S/C18H8F12O3S/c19-15(20,21)13(16(22,23)24)9-5-1-3-7-11(9)34(31,32-13)12-8-4-2-6-10(12)14(33-34,17(25,26)27)18(28,29)30/h1-8H. The van der Waals surface area contributed by atoms with Gasteiger partial charge in [-0.05, 0) is 12.1 Å². The van der Waals surface area contributed by atoms with Crippen LogP contribution in [0.1, 0.15) is 11.1 Å². The van der Waals surface area contributed by atoms with Gasteiger partial charge in [0.25, 0.3) is 0 Å². The molecule has 2 aromatic carbocycles. The summed E-state index contributed by atoms with van der Waals surface area (Å²) in [7, 11) is -7.32. The Morgan fingerprint density at radius 3 is 1.06 bits per heavy atom. The number of fused-ring (bicyclic) bond motifs is 4. The van der Waals surface area contributed by atoms with Gasteiger partial charge in [-0.2, -0.15) is 52.7 Å². The van der Waals surface area contributed by atoms with Crippen molar-refractivity contribution in [1.29, 1.82) is 0 Å². The zero-order valence-corrected chi connectivity index (χ0v) is 16.6. The van der Waals surface area contributed by atoms with Crippen molar-refractivity contribution in [2.75, 3.05) is 0 Å². The van der Waals surface area contributed by atoms with Gasteiger partial charge in [0.1, 0.15) is 9.63 Å². The molecule has 3 nitrogen and oxygen atoms in total. The summed E-state index contributed by atoms with van der Waals surface area (Å²) in [6.45, 7) is 0. The Bertz CT molecular complexity index is 1110. The molecular formula is C18H8F12O3S. The van der Waals surface area contributed by atoms with Crippen LogP contribution in [0, 0.1) is 0 Å². The highest BCUT2D eigenvalue weighted by atomic mass is 32.3. The molecule has 2 aromatic rings. The van der Waals surface area contributed by atoms with Gasteiger partial charge in [0.2, 0.25) is 0 Å². The van der Waals surface area contributed by atoms with Crippen molar-refractivity contribution in [1.82, 2.24) is 0 Å². The summed E-state index contributed by atoms with van der Waals surface area (Å²) in [5, 5.41) is 0. The molecule has 0 aromatic heterocycles. The largest absolute Gasteiger partial charge is 0.432 e. The molecular weight excluding hydrogens is 524 g/mol. The first kappa shape index (κ1) is 24.8. The third kappa shape index (κ3) is 2.56. The quantitative estimate of drug-likeness (QED) is 0.366. The van der Waals surface area contributed by atoms with Gasteiger partial charge in [0, 0.05) is 11.1 Å². The molecule has 0 saturated heterocycles. The molecule has 4 rings (SSSR count). The predicted octanol–water partition coefficient (Wildman–Crippen LogP) is 6.45. The molecule has 0 fully saturated rings. The third-order valence-electron chi connectivity index (χ3n) is 5.44. The first-order chi connectivity index (χ1) is 15.2. The molecule has 0 radical (unpaired) electrons. The Morgan fingerprint density at radius 2 is 0.794 bits per heavy atom. The average Bonchev–Trinajstić information content (AvgIpc) is 3.08. The van der Waals surface area contributed by atoms with E-state index in [2.05, 4.69) is 8.37 Å². The van der Waals surface area contributed by atoms with E-state index in [1.807, 2.05) is 0 Å². The zero-order chi connectivity index (χ0) is 25.8. The lowest BCUT2D eigenvalue weighted by molar-refractivity contribution is -0.374. The molecule has 2 aliphatic rings. The van der Waals surface area contributed by atoms with E-state index in [9.17, 15) is 56.9 Å². The molecule has 0 amide bonds. The molecule has 16 heteroatoms. The van der Waals surface area contributed by atoms with E-state index in [4.69, 9.17) is 0 Å². The van der Waals surface area contributed by atoms with Gasteiger partial charge < -0.3 is 0 Å². The summed E-state index contributed by atoms with van der Waals surface area (Å²) in [5.41, 5.74) is -15.2. The summed E-state index contributed by atoms with van der Waals surface area (Å²) in [6, 6.07) is 3.17. The SMILES string of the molecule is O=S12(OC(C(F)(F)F)(C(F)(F)F)c3ccccc31)OC(C(F)(F)F)(C(F)(F)F)c1ccccc12. The Hall–Kier alpha value is -2.33. The minimum absolute atomic E-state index is 0.0944. The fraction of sp³-hybridized carbons (Fsp3) is 0.333. The second-order valence-electron chi connectivity index (χ2n) is 7.32. The maximum Gasteiger partial charge on any atom is 0.432 e. The smallest absolute Gasteiger partial charge is 0.254 e. The van der Waals surface area contributed by atoms with Crippen LogP contribution < -0.4 is 0 Å². The molecule has 34 heavy (non-hydrogen) atoms.